The third-order valence-electron chi connectivity index (χ3n) is 2.64. The van der Waals surface area contributed by atoms with Crippen LogP contribution in [0.5, 0.6) is 5.75 Å². The zero-order valence-electron chi connectivity index (χ0n) is 10.4. The van der Waals surface area contributed by atoms with E-state index < -0.39 is 0 Å². The average molecular weight is 236 g/mol. The molecule has 2 rings (SSSR count). The van der Waals surface area contributed by atoms with Crippen LogP contribution in [0.15, 0.2) is 28.9 Å². The van der Waals surface area contributed by atoms with Gasteiger partial charge in [0.05, 0.1) is 18.3 Å². The minimum Gasteiger partial charge on any atom is -0.493 e. The lowest BCUT2D eigenvalue weighted by Gasteiger charge is -2.18. The molecule has 0 amide bonds. The number of furan rings is 1. The first-order chi connectivity index (χ1) is 7.97. The van der Waals surface area contributed by atoms with Crippen LogP contribution in [-0.2, 0) is 0 Å². The Hall–Kier alpha value is -1.51. The highest BCUT2D eigenvalue weighted by atomic mass is 19.1. The fourth-order valence-electron chi connectivity index (χ4n) is 1.60. The van der Waals surface area contributed by atoms with Crippen LogP contribution >= 0.6 is 0 Å². The molecule has 1 aromatic heterocycles. The molecule has 0 aliphatic rings. The van der Waals surface area contributed by atoms with Gasteiger partial charge in [-0.25, -0.2) is 4.39 Å². The first-order valence-corrected chi connectivity index (χ1v) is 5.76. The van der Waals surface area contributed by atoms with Crippen molar-refractivity contribution in [2.75, 3.05) is 6.61 Å². The second kappa shape index (κ2) is 4.40. The fourth-order valence-corrected chi connectivity index (χ4v) is 1.60. The summed E-state index contributed by atoms with van der Waals surface area (Å²) >= 11 is 0. The highest BCUT2D eigenvalue weighted by molar-refractivity contribution is 5.84. The Morgan fingerprint density at radius 2 is 2.00 bits per heavy atom. The second-order valence-electron chi connectivity index (χ2n) is 5.37. The first-order valence-electron chi connectivity index (χ1n) is 5.76. The van der Waals surface area contributed by atoms with Gasteiger partial charge in [-0.05, 0) is 30.0 Å². The van der Waals surface area contributed by atoms with Crippen LogP contribution in [0.3, 0.4) is 0 Å². The minimum atomic E-state index is -0.354. The molecular weight excluding hydrogens is 219 g/mol. The third-order valence-corrected chi connectivity index (χ3v) is 2.64. The van der Waals surface area contributed by atoms with Crippen LogP contribution in [0.25, 0.3) is 11.0 Å². The SMILES string of the molecule is CC(C)(C)CCOc1ccc(F)c2occc12. The van der Waals surface area contributed by atoms with E-state index in [0.717, 1.165) is 6.42 Å². The Morgan fingerprint density at radius 1 is 1.24 bits per heavy atom. The summed E-state index contributed by atoms with van der Waals surface area (Å²) in [4.78, 5) is 0. The van der Waals surface area contributed by atoms with Gasteiger partial charge in [0.25, 0.3) is 0 Å². The van der Waals surface area contributed by atoms with Crippen molar-refractivity contribution < 1.29 is 13.5 Å². The lowest BCUT2D eigenvalue weighted by Crippen LogP contribution is -2.11. The molecule has 0 N–H and O–H groups in total. The van der Waals surface area contributed by atoms with Crippen molar-refractivity contribution in [2.24, 2.45) is 5.41 Å². The topological polar surface area (TPSA) is 22.4 Å². The first kappa shape index (κ1) is 12.0. The summed E-state index contributed by atoms with van der Waals surface area (Å²) in [5.41, 5.74) is 0.494. The van der Waals surface area contributed by atoms with Crippen LogP contribution in [0, 0.1) is 11.2 Å². The number of hydrogen-bond acceptors (Lipinski definition) is 2. The van der Waals surface area contributed by atoms with E-state index in [2.05, 4.69) is 20.8 Å². The monoisotopic (exact) mass is 236 g/mol. The van der Waals surface area contributed by atoms with E-state index in [0.29, 0.717) is 17.7 Å². The molecule has 0 saturated carbocycles. The second-order valence-corrected chi connectivity index (χ2v) is 5.37. The summed E-state index contributed by atoms with van der Waals surface area (Å²) < 4.78 is 24.1. The summed E-state index contributed by atoms with van der Waals surface area (Å²) in [5, 5.41) is 0.693. The molecule has 0 radical (unpaired) electrons. The van der Waals surface area contributed by atoms with Gasteiger partial charge in [-0.1, -0.05) is 20.8 Å². The van der Waals surface area contributed by atoms with E-state index in [4.69, 9.17) is 9.15 Å². The van der Waals surface area contributed by atoms with Gasteiger partial charge in [0, 0.05) is 0 Å². The third kappa shape index (κ3) is 2.78. The fraction of sp³-hybridized carbons (Fsp3) is 0.429. The molecule has 3 heteroatoms. The van der Waals surface area contributed by atoms with Gasteiger partial charge in [-0.2, -0.15) is 0 Å². The minimum absolute atomic E-state index is 0.232. The number of benzene rings is 1. The molecule has 2 nitrogen and oxygen atoms in total. The average Bonchev–Trinajstić information content (AvgIpc) is 2.69. The number of fused-ring (bicyclic) bond motifs is 1. The van der Waals surface area contributed by atoms with Gasteiger partial charge in [-0.3, -0.25) is 0 Å². The Balaban J connectivity index is 2.14. The van der Waals surface area contributed by atoms with Gasteiger partial charge < -0.3 is 9.15 Å². The quantitative estimate of drug-likeness (QED) is 0.788. The number of hydrogen-bond donors (Lipinski definition) is 0. The summed E-state index contributed by atoms with van der Waals surface area (Å²) in [7, 11) is 0. The molecule has 2 aromatic rings. The van der Waals surface area contributed by atoms with Crippen LogP contribution < -0.4 is 4.74 Å². The standard InChI is InChI=1S/C14H17FO2/c1-14(2,3)7-9-16-12-5-4-11(15)13-10(12)6-8-17-13/h4-6,8H,7,9H2,1-3H3. The van der Waals surface area contributed by atoms with Gasteiger partial charge in [0.1, 0.15) is 5.75 Å². The molecule has 92 valence electrons. The zero-order valence-corrected chi connectivity index (χ0v) is 10.4. The lowest BCUT2D eigenvalue weighted by molar-refractivity contribution is 0.245. The normalized spacial score (nSPS) is 12.0. The van der Waals surface area contributed by atoms with E-state index in [9.17, 15) is 4.39 Å². The van der Waals surface area contributed by atoms with E-state index >= 15 is 0 Å². The lowest BCUT2D eigenvalue weighted by atomic mass is 9.93. The molecule has 1 heterocycles. The maximum Gasteiger partial charge on any atom is 0.173 e. The molecular formula is C14H17FO2. The summed E-state index contributed by atoms with van der Waals surface area (Å²) in [6.45, 7) is 7.10. The molecule has 0 spiro atoms. The molecule has 0 saturated heterocycles. The molecule has 17 heavy (non-hydrogen) atoms. The van der Waals surface area contributed by atoms with Crippen molar-refractivity contribution in [3.8, 4) is 5.75 Å². The van der Waals surface area contributed by atoms with Crippen molar-refractivity contribution in [2.45, 2.75) is 27.2 Å². The predicted octanol–water partition coefficient (Wildman–Crippen LogP) is 4.39. The van der Waals surface area contributed by atoms with Gasteiger partial charge in [0.2, 0.25) is 0 Å². The summed E-state index contributed by atoms with van der Waals surface area (Å²) in [6, 6.07) is 4.75. The molecule has 0 bridgehead atoms. The maximum absolute atomic E-state index is 13.4. The molecule has 0 aliphatic heterocycles. The molecule has 0 aliphatic carbocycles. The largest absolute Gasteiger partial charge is 0.493 e. The molecule has 1 aromatic carbocycles. The number of ether oxygens (including phenoxy) is 1. The van der Waals surface area contributed by atoms with E-state index in [1.807, 2.05) is 0 Å². The van der Waals surface area contributed by atoms with E-state index in [1.165, 1.54) is 12.3 Å². The Morgan fingerprint density at radius 3 is 2.71 bits per heavy atom. The Kier molecular flexibility index (Phi) is 3.09. The van der Waals surface area contributed by atoms with E-state index in [1.54, 1.807) is 12.1 Å². The Bertz CT molecular complexity index is 508. The molecule has 0 fully saturated rings. The maximum atomic E-state index is 13.4. The van der Waals surface area contributed by atoms with E-state index in [-0.39, 0.29) is 16.8 Å². The van der Waals surface area contributed by atoms with Crippen molar-refractivity contribution in [1.29, 1.82) is 0 Å². The van der Waals surface area contributed by atoms with Crippen molar-refractivity contribution in [3.05, 3.63) is 30.3 Å². The zero-order chi connectivity index (χ0) is 12.5. The number of rotatable bonds is 3. The molecule has 0 unspecified atom stereocenters. The number of halogens is 1. The van der Waals surface area contributed by atoms with Crippen molar-refractivity contribution in [3.63, 3.8) is 0 Å². The smallest absolute Gasteiger partial charge is 0.173 e. The molecule has 0 atom stereocenters. The highest BCUT2D eigenvalue weighted by Crippen LogP contribution is 2.29. The highest BCUT2D eigenvalue weighted by Gasteiger charge is 2.12. The van der Waals surface area contributed by atoms with Crippen LogP contribution in [0.2, 0.25) is 0 Å². The summed E-state index contributed by atoms with van der Waals surface area (Å²) in [5.74, 6) is 0.326. The Labute approximate surface area is 100 Å². The van der Waals surface area contributed by atoms with Crippen LogP contribution in [0.4, 0.5) is 4.39 Å². The summed E-state index contributed by atoms with van der Waals surface area (Å²) in [6.07, 6.45) is 2.42. The van der Waals surface area contributed by atoms with Gasteiger partial charge >= 0.3 is 0 Å². The van der Waals surface area contributed by atoms with Gasteiger partial charge in [-0.15, -0.1) is 0 Å². The van der Waals surface area contributed by atoms with Gasteiger partial charge in [0.15, 0.2) is 11.4 Å². The van der Waals surface area contributed by atoms with Crippen molar-refractivity contribution in [1.82, 2.24) is 0 Å². The predicted molar refractivity (Wildman–Crippen MR) is 65.7 cm³/mol. The van der Waals surface area contributed by atoms with Crippen molar-refractivity contribution >= 4 is 11.0 Å². The van der Waals surface area contributed by atoms with Crippen LogP contribution in [-0.4, -0.2) is 6.61 Å². The van der Waals surface area contributed by atoms with Crippen LogP contribution in [0.1, 0.15) is 27.2 Å².